The number of amides is 1. The van der Waals surface area contributed by atoms with Crippen molar-refractivity contribution in [1.82, 2.24) is 10.2 Å². The molecule has 1 fully saturated rings. The second-order valence-electron chi connectivity index (χ2n) is 4.57. The van der Waals surface area contributed by atoms with Crippen LogP contribution >= 0.6 is 0 Å². The average Bonchev–Trinajstić information content (AvgIpc) is 2.48. The predicted molar refractivity (Wildman–Crippen MR) is 62.7 cm³/mol. The summed E-state index contributed by atoms with van der Waals surface area (Å²) in [6.45, 7) is 10.8. The molecule has 3 heteroatoms. The standard InChI is InChI=1S/C12H22N2O/c1-5-6-10(4)14-8-7-11(12(14)15)13-9(2)3/h5,9-11,13H,1,6-8H2,2-4H3. The van der Waals surface area contributed by atoms with Crippen molar-refractivity contribution >= 4 is 5.91 Å². The summed E-state index contributed by atoms with van der Waals surface area (Å²) < 4.78 is 0. The molecule has 0 aromatic rings. The summed E-state index contributed by atoms with van der Waals surface area (Å²) in [4.78, 5) is 13.9. The minimum Gasteiger partial charge on any atom is -0.338 e. The van der Waals surface area contributed by atoms with Crippen LogP contribution in [0, 0.1) is 0 Å². The number of rotatable bonds is 5. The van der Waals surface area contributed by atoms with E-state index in [1.807, 2.05) is 11.0 Å². The van der Waals surface area contributed by atoms with E-state index >= 15 is 0 Å². The number of carbonyl (C=O) groups is 1. The molecule has 3 nitrogen and oxygen atoms in total. The van der Waals surface area contributed by atoms with Crippen LogP contribution in [-0.2, 0) is 4.79 Å². The zero-order valence-corrected chi connectivity index (χ0v) is 9.99. The SMILES string of the molecule is C=CCC(C)N1CCC(NC(C)C)C1=O. The Morgan fingerprint density at radius 1 is 1.60 bits per heavy atom. The first kappa shape index (κ1) is 12.2. The summed E-state index contributed by atoms with van der Waals surface area (Å²) in [5.41, 5.74) is 0. The van der Waals surface area contributed by atoms with Crippen LogP contribution in [0.25, 0.3) is 0 Å². The zero-order chi connectivity index (χ0) is 11.4. The molecule has 0 radical (unpaired) electrons. The molecule has 1 amide bonds. The lowest BCUT2D eigenvalue weighted by Crippen LogP contribution is -2.43. The normalized spacial score (nSPS) is 23.6. The summed E-state index contributed by atoms with van der Waals surface area (Å²) in [6.07, 6.45) is 3.68. The molecule has 86 valence electrons. The summed E-state index contributed by atoms with van der Waals surface area (Å²) >= 11 is 0. The number of carbonyl (C=O) groups excluding carboxylic acids is 1. The smallest absolute Gasteiger partial charge is 0.240 e. The molecule has 15 heavy (non-hydrogen) atoms. The van der Waals surface area contributed by atoms with E-state index in [-0.39, 0.29) is 18.0 Å². The van der Waals surface area contributed by atoms with Gasteiger partial charge in [0, 0.05) is 18.6 Å². The van der Waals surface area contributed by atoms with E-state index in [2.05, 4.69) is 32.7 Å². The van der Waals surface area contributed by atoms with Crippen LogP contribution in [0.1, 0.15) is 33.6 Å². The summed E-state index contributed by atoms with van der Waals surface area (Å²) in [5, 5.41) is 3.30. The van der Waals surface area contributed by atoms with Crippen LogP contribution in [0.2, 0.25) is 0 Å². The van der Waals surface area contributed by atoms with Crippen LogP contribution in [-0.4, -0.2) is 35.5 Å². The van der Waals surface area contributed by atoms with Crippen molar-refractivity contribution in [2.75, 3.05) is 6.54 Å². The molecule has 1 heterocycles. The van der Waals surface area contributed by atoms with Gasteiger partial charge >= 0.3 is 0 Å². The summed E-state index contributed by atoms with van der Waals surface area (Å²) in [6, 6.07) is 0.680. The Balaban J connectivity index is 2.51. The fourth-order valence-electron chi connectivity index (χ4n) is 2.07. The molecule has 0 aliphatic carbocycles. The lowest BCUT2D eigenvalue weighted by atomic mass is 10.2. The van der Waals surface area contributed by atoms with E-state index in [0.29, 0.717) is 6.04 Å². The van der Waals surface area contributed by atoms with Gasteiger partial charge in [0.2, 0.25) is 5.91 Å². The number of nitrogens with zero attached hydrogens (tertiary/aromatic N) is 1. The molecule has 1 N–H and O–H groups in total. The fraction of sp³-hybridized carbons (Fsp3) is 0.750. The van der Waals surface area contributed by atoms with E-state index in [1.54, 1.807) is 0 Å². The molecule has 0 saturated carbocycles. The van der Waals surface area contributed by atoms with E-state index < -0.39 is 0 Å². The number of hydrogen-bond acceptors (Lipinski definition) is 2. The third-order valence-corrected chi connectivity index (χ3v) is 2.81. The van der Waals surface area contributed by atoms with Crippen molar-refractivity contribution in [1.29, 1.82) is 0 Å². The van der Waals surface area contributed by atoms with E-state index in [0.717, 1.165) is 19.4 Å². The Hall–Kier alpha value is -0.830. The molecule has 1 aliphatic rings. The molecular weight excluding hydrogens is 188 g/mol. The second kappa shape index (κ2) is 5.31. The minimum atomic E-state index is 0.0252. The Morgan fingerprint density at radius 2 is 2.27 bits per heavy atom. The lowest BCUT2D eigenvalue weighted by molar-refractivity contribution is -0.131. The predicted octanol–water partition coefficient (Wildman–Crippen LogP) is 1.55. The highest BCUT2D eigenvalue weighted by molar-refractivity contribution is 5.84. The maximum absolute atomic E-state index is 12.0. The third kappa shape index (κ3) is 3.06. The van der Waals surface area contributed by atoms with Crippen molar-refractivity contribution in [2.45, 2.75) is 51.7 Å². The monoisotopic (exact) mass is 210 g/mol. The first-order valence-electron chi connectivity index (χ1n) is 5.73. The molecule has 0 aromatic heterocycles. The third-order valence-electron chi connectivity index (χ3n) is 2.81. The quantitative estimate of drug-likeness (QED) is 0.698. The largest absolute Gasteiger partial charge is 0.338 e. The van der Waals surface area contributed by atoms with Crippen molar-refractivity contribution in [3.8, 4) is 0 Å². The zero-order valence-electron chi connectivity index (χ0n) is 9.99. The molecule has 1 saturated heterocycles. The highest BCUT2D eigenvalue weighted by Crippen LogP contribution is 2.16. The Kier molecular flexibility index (Phi) is 4.33. The van der Waals surface area contributed by atoms with Gasteiger partial charge < -0.3 is 10.2 Å². The van der Waals surface area contributed by atoms with E-state index in [9.17, 15) is 4.79 Å². The Labute approximate surface area is 92.5 Å². The van der Waals surface area contributed by atoms with Crippen molar-refractivity contribution in [3.63, 3.8) is 0 Å². The highest BCUT2D eigenvalue weighted by atomic mass is 16.2. The molecule has 1 aliphatic heterocycles. The first-order chi connectivity index (χ1) is 7.06. The van der Waals surface area contributed by atoms with E-state index in [4.69, 9.17) is 0 Å². The van der Waals surface area contributed by atoms with Crippen molar-refractivity contribution in [2.24, 2.45) is 0 Å². The molecule has 2 atom stereocenters. The summed E-state index contributed by atoms with van der Waals surface area (Å²) in [5.74, 6) is 0.248. The number of hydrogen-bond donors (Lipinski definition) is 1. The first-order valence-corrected chi connectivity index (χ1v) is 5.73. The van der Waals surface area contributed by atoms with Crippen molar-refractivity contribution in [3.05, 3.63) is 12.7 Å². The second-order valence-corrected chi connectivity index (χ2v) is 4.57. The number of likely N-dealkylation sites (tertiary alicyclic amines) is 1. The molecule has 0 bridgehead atoms. The highest BCUT2D eigenvalue weighted by Gasteiger charge is 2.33. The molecule has 2 unspecified atom stereocenters. The van der Waals surface area contributed by atoms with Crippen LogP contribution in [0.15, 0.2) is 12.7 Å². The van der Waals surface area contributed by atoms with Gasteiger partial charge in [0.25, 0.3) is 0 Å². The fourth-order valence-corrected chi connectivity index (χ4v) is 2.07. The van der Waals surface area contributed by atoms with Crippen LogP contribution in [0.4, 0.5) is 0 Å². The summed E-state index contributed by atoms with van der Waals surface area (Å²) in [7, 11) is 0. The topological polar surface area (TPSA) is 32.3 Å². The van der Waals surface area contributed by atoms with Gasteiger partial charge in [0.1, 0.15) is 0 Å². The Bertz CT molecular complexity index is 238. The molecule has 0 aromatic carbocycles. The van der Waals surface area contributed by atoms with Crippen LogP contribution in [0.3, 0.4) is 0 Å². The van der Waals surface area contributed by atoms with Gasteiger partial charge in [-0.25, -0.2) is 0 Å². The van der Waals surface area contributed by atoms with Crippen molar-refractivity contribution < 1.29 is 4.79 Å². The van der Waals surface area contributed by atoms with Gasteiger partial charge in [-0.3, -0.25) is 4.79 Å². The van der Waals surface area contributed by atoms with E-state index in [1.165, 1.54) is 0 Å². The maximum Gasteiger partial charge on any atom is 0.240 e. The average molecular weight is 210 g/mol. The molecule has 1 rings (SSSR count). The maximum atomic E-state index is 12.0. The van der Waals surface area contributed by atoms with Gasteiger partial charge in [-0.2, -0.15) is 0 Å². The number of nitrogens with one attached hydrogen (secondary N) is 1. The van der Waals surface area contributed by atoms with Gasteiger partial charge in [-0.1, -0.05) is 19.9 Å². The van der Waals surface area contributed by atoms with Gasteiger partial charge in [-0.05, 0) is 19.8 Å². The van der Waals surface area contributed by atoms with Crippen LogP contribution in [0.5, 0.6) is 0 Å². The van der Waals surface area contributed by atoms with Gasteiger partial charge in [0.15, 0.2) is 0 Å². The molecular formula is C12H22N2O. The van der Waals surface area contributed by atoms with Crippen LogP contribution < -0.4 is 5.32 Å². The minimum absolute atomic E-state index is 0.0252. The molecule has 0 spiro atoms. The Morgan fingerprint density at radius 3 is 2.80 bits per heavy atom. The van der Waals surface area contributed by atoms with Gasteiger partial charge in [0.05, 0.1) is 6.04 Å². The lowest BCUT2D eigenvalue weighted by Gasteiger charge is -2.24. The van der Waals surface area contributed by atoms with Gasteiger partial charge in [-0.15, -0.1) is 6.58 Å².